The van der Waals surface area contributed by atoms with Gasteiger partial charge >= 0.3 is 0 Å². The monoisotopic (exact) mass is 276 g/mol. The largest absolute Gasteiger partial charge is 0.390 e. The third-order valence-corrected chi connectivity index (χ3v) is 4.81. The second-order valence-corrected chi connectivity index (χ2v) is 6.38. The van der Waals surface area contributed by atoms with Gasteiger partial charge in [0.15, 0.2) is 0 Å². The quantitative estimate of drug-likeness (QED) is 0.899. The third kappa shape index (κ3) is 2.54. The van der Waals surface area contributed by atoms with Crippen molar-refractivity contribution in [2.24, 2.45) is 5.92 Å². The summed E-state index contributed by atoms with van der Waals surface area (Å²) >= 11 is 0. The van der Waals surface area contributed by atoms with E-state index in [1.165, 1.54) is 5.56 Å². The van der Waals surface area contributed by atoms with Crippen molar-refractivity contribution in [3.63, 3.8) is 0 Å². The normalized spacial score (nSPS) is 34.5. The molecule has 3 heterocycles. The van der Waals surface area contributed by atoms with E-state index in [9.17, 15) is 5.11 Å². The van der Waals surface area contributed by atoms with Crippen molar-refractivity contribution in [2.75, 3.05) is 24.7 Å². The summed E-state index contributed by atoms with van der Waals surface area (Å²) in [5.41, 5.74) is 0.599. The molecule has 0 saturated carbocycles. The Morgan fingerprint density at radius 1 is 1.50 bits per heavy atom. The molecule has 2 saturated heterocycles. The zero-order valence-corrected chi connectivity index (χ0v) is 12.4. The molecular formula is C16H24N2O2. The zero-order chi connectivity index (χ0) is 14.2. The second kappa shape index (κ2) is 5.34. The number of pyridine rings is 1. The van der Waals surface area contributed by atoms with Gasteiger partial charge in [0.25, 0.3) is 0 Å². The summed E-state index contributed by atoms with van der Waals surface area (Å²) in [4.78, 5) is 6.88. The molecule has 2 fully saturated rings. The molecule has 0 spiro atoms. The maximum atomic E-state index is 10.7. The molecule has 0 aromatic carbocycles. The van der Waals surface area contributed by atoms with Gasteiger partial charge in [-0.1, -0.05) is 0 Å². The lowest BCUT2D eigenvalue weighted by molar-refractivity contribution is -0.108. The van der Waals surface area contributed by atoms with E-state index in [0.29, 0.717) is 19.3 Å². The molecule has 1 aromatic heterocycles. The molecule has 0 aliphatic carbocycles. The lowest BCUT2D eigenvalue weighted by Gasteiger charge is -2.43. The average Bonchev–Trinajstić information content (AvgIpc) is 2.87. The first-order valence-corrected chi connectivity index (χ1v) is 7.57. The van der Waals surface area contributed by atoms with Crippen molar-refractivity contribution < 1.29 is 9.84 Å². The van der Waals surface area contributed by atoms with Crippen LogP contribution in [0.15, 0.2) is 18.3 Å². The van der Waals surface area contributed by atoms with E-state index < -0.39 is 5.60 Å². The summed E-state index contributed by atoms with van der Waals surface area (Å²) in [5, 5.41) is 10.7. The first kappa shape index (κ1) is 13.8. The smallest absolute Gasteiger partial charge is 0.128 e. The van der Waals surface area contributed by atoms with E-state index in [1.54, 1.807) is 0 Å². The fourth-order valence-electron chi connectivity index (χ4n) is 3.55. The highest BCUT2D eigenvalue weighted by atomic mass is 16.5. The molecule has 4 nitrogen and oxygen atoms in total. The molecule has 0 radical (unpaired) electrons. The standard InChI is InChI=1S/C16H24N2O2/c1-12-5-7-17-15(10-12)18-8-3-4-14(18)13-11-20-9-6-16(13,2)19/h5,7,10,13-14,19H,3-4,6,8-9,11H2,1-2H3/t13-,14-,16-/m1/s1. The van der Waals surface area contributed by atoms with Crippen LogP contribution in [-0.4, -0.2) is 41.5 Å². The molecule has 2 aliphatic heterocycles. The van der Waals surface area contributed by atoms with Gasteiger partial charge in [0.1, 0.15) is 5.82 Å². The highest BCUT2D eigenvalue weighted by Gasteiger charge is 2.44. The van der Waals surface area contributed by atoms with Gasteiger partial charge in [0.2, 0.25) is 0 Å². The van der Waals surface area contributed by atoms with Crippen molar-refractivity contribution in [1.82, 2.24) is 4.98 Å². The summed E-state index contributed by atoms with van der Waals surface area (Å²) in [6.07, 6.45) is 4.87. The molecular weight excluding hydrogens is 252 g/mol. The Balaban J connectivity index is 1.85. The maximum absolute atomic E-state index is 10.7. The van der Waals surface area contributed by atoms with Gasteiger partial charge in [-0.15, -0.1) is 0 Å². The van der Waals surface area contributed by atoms with E-state index >= 15 is 0 Å². The molecule has 1 aromatic rings. The zero-order valence-electron chi connectivity index (χ0n) is 12.4. The highest BCUT2D eigenvalue weighted by molar-refractivity contribution is 5.43. The van der Waals surface area contributed by atoms with Crippen LogP contribution in [-0.2, 0) is 4.74 Å². The SMILES string of the molecule is Cc1ccnc(N2CCC[C@@H]2[C@H]2COCC[C@@]2(C)O)c1. The summed E-state index contributed by atoms with van der Waals surface area (Å²) < 4.78 is 5.63. The number of aromatic nitrogens is 1. The molecule has 0 unspecified atom stereocenters. The first-order valence-electron chi connectivity index (χ1n) is 7.57. The minimum Gasteiger partial charge on any atom is -0.390 e. The van der Waals surface area contributed by atoms with Crippen LogP contribution < -0.4 is 4.90 Å². The van der Waals surface area contributed by atoms with E-state index in [1.807, 2.05) is 19.2 Å². The lowest BCUT2D eigenvalue weighted by Crippen LogP contribution is -2.52. The lowest BCUT2D eigenvalue weighted by atomic mass is 9.79. The number of ether oxygens (including phenoxy) is 1. The van der Waals surface area contributed by atoms with Crippen molar-refractivity contribution in [3.05, 3.63) is 23.9 Å². The van der Waals surface area contributed by atoms with Crippen molar-refractivity contribution >= 4 is 5.82 Å². The van der Waals surface area contributed by atoms with Gasteiger partial charge in [-0.25, -0.2) is 4.98 Å². The molecule has 3 atom stereocenters. The summed E-state index contributed by atoms with van der Waals surface area (Å²) in [6, 6.07) is 4.49. The number of anilines is 1. The summed E-state index contributed by atoms with van der Waals surface area (Å²) in [7, 11) is 0. The fourth-order valence-corrected chi connectivity index (χ4v) is 3.55. The van der Waals surface area contributed by atoms with Crippen molar-refractivity contribution in [3.8, 4) is 0 Å². The Morgan fingerprint density at radius 3 is 3.10 bits per heavy atom. The van der Waals surface area contributed by atoms with Gasteiger partial charge in [0, 0.05) is 31.3 Å². The van der Waals surface area contributed by atoms with Crippen LogP contribution >= 0.6 is 0 Å². The van der Waals surface area contributed by atoms with Crippen molar-refractivity contribution in [2.45, 2.75) is 44.8 Å². The molecule has 2 aliphatic rings. The fraction of sp³-hybridized carbons (Fsp3) is 0.688. The van der Waals surface area contributed by atoms with Crippen LogP contribution in [0.5, 0.6) is 0 Å². The van der Waals surface area contributed by atoms with Gasteiger partial charge in [0.05, 0.1) is 12.2 Å². The highest BCUT2D eigenvalue weighted by Crippen LogP contribution is 2.37. The first-order chi connectivity index (χ1) is 9.58. The number of nitrogens with zero attached hydrogens (tertiary/aromatic N) is 2. The van der Waals surface area contributed by atoms with Gasteiger partial charge in [-0.2, -0.15) is 0 Å². The topological polar surface area (TPSA) is 45.6 Å². The maximum Gasteiger partial charge on any atom is 0.128 e. The molecule has 0 bridgehead atoms. The Hall–Kier alpha value is -1.13. The second-order valence-electron chi connectivity index (χ2n) is 6.38. The Morgan fingerprint density at radius 2 is 2.35 bits per heavy atom. The van der Waals surface area contributed by atoms with Crippen LogP contribution in [0.25, 0.3) is 0 Å². The van der Waals surface area contributed by atoms with E-state index in [-0.39, 0.29) is 5.92 Å². The molecule has 4 heteroatoms. The number of aliphatic hydroxyl groups is 1. The minimum absolute atomic E-state index is 0.168. The predicted molar refractivity (Wildman–Crippen MR) is 78.9 cm³/mol. The Kier molecular flexibility index (Phi) is 3.69. The van der Waals surface area contributed by atoms with Gasteiger partial charge < -0.3 is 14.7 Å². The summed E-state index contributed by atoms with van der Waals surface area (Å²) in [6.45, 7) is 6.39. The van der Waals surface area contributed by atoms with Crippen LogP contribution in [0.3, 0.4) is 0 Å². The molecule has 20 heavy (non-hydrogen) atoms. The molecule has 3 rings (SSSR count). The Labute approximate surface area is 120 Å². The van der Waals surface area contributed by atoms with Crippen LogP contribution in [0, 0.1) is 12.8 Å². The van der Waals surface area contributed by atoms with Gasteiger partial charge in [-0.3, -0.25) is 0 Å². The average molecular weight is 276 g/mol. The number of rotatable bonds is 2. The van der Waals surface area contributed by atoms with E-state index in [2.05, 4.69) is 22.9 Å². The number of hydrogen-bond donors (Lipinski definition) is 1. The van der Waals surface area contributed by atoms with E-state index in [0.717, 1.165) is 31.6 Å². The summed E-state index contributed by atoms with van der Waals surface area (Å²) in [5.74, 6) is 1.20. The molecule has 110 valence electrons. The van der Waals surface area contributed by atoms with Crippen LogP contribution in [0.4, 0.5) is 5.82 Å². The number of hydrogen-bond acceptors (Lipinski definition) is 4. The Bertz CT molecular complexity index is 475. The molecule has 1 N–H and O–H groups in total. The minimum atomic E-state index is -0.630. The predicted octanol–water partition coefficient (Wildman–Crippen LogP) is 2.15. The van der Waals surface area contributed by atoms with Gasteiger partial charge in [-0.05, 0) is 50.8 Å². The van der Waals surface area contributed by atoms with Crippen molar-refractivity contribution in [1.29, 1.82) is 0 Å². The third-order valence-electron chi connectivity index (χ3n) is 4.81. The molecule has 0 amide bonds. The van der Waals surface area contributed by atoms with E-state index in [4.69, 9.17) is 4.74 Å². The number of aryl methyl sites for hydroxylation is 1. The van der Waals surface area contributed by atoms with Crippen LogP contribution in [0.1, 0.15) is 31.7 Å². The van der Waals surface area contributed by atoms with Crippen LogP contribution in [0.2, 0.25) is 0 Å².